The number of hydrogen-bond donors (Lipinski definition) is 2. The lowest BCUT2D eigenvalue weighted by Gasteiger charge is -2.12. The van der Waals surface area contributed by atoms with Gasteiger partial charge in [0, 0.05) is 22.0 Å². The summed E-state index contributed by atoms with van der Waals surface area (Å²) in [7, 11) is 1.52. The number of fused-ring (bicyclic) bond motifs is 2. The number of H-pyrrole nitrogens is 1. The highest BCUT2D eigenvalue weighted by Crippen LogP contribution is 2.38. The molecule has 0 fully saturated rings. The fourth-order valence-corrected chi connectivity index (χ4v) is 5.01. The van der Waals surface area contributed by atoms with Crippen molar-refractivity contribution < 1.29 is 19.1 Å². The van der Waals surface area contributed by atoms with E-state index in [4.69, 9.17) is 9.47 Å². The van der Waals surface area contributed by atoms with Gasteiger partial charge < -0.3 is 19.8 Å². The second-order valence-corrected chi connectivity index (χ2v) is 8.14. The van der Waals surface area contributed by atoms with E-state index in [1.54, 1.807) is 25.1 Å². The van der Waals surface area contributed by atoms with Crippen LogP contribution in [0.1, 0.15) is 50.9 Å². The van der Waals surface area contributed by atoms with Crippen molar-refractivity contribution in [1.82, 2.24) is 4.98 Å². The molecule has 2 heterocycles. The van der Waals surface area contributed by atoms with E-state index >= 15 is 0 Å². The first-order chi connectivity index (χ1) is 14.5. The number of aromatic amines is 1. The first-order valence-electron chi connectivity index (χ1n) is 9.86. The molecule has 0 aliphatic heterocycles. The average Bonchev–Trinajstić information content (AvgIpc) is 3.11. The molecule has 0 unspecified atom stereocenters. The molecule has 2 aromatic heterocycles. The molecule has 1 aliphatic carbocycles. The van der Waals surface area contributed by atoms with Crippen molar-refractivity contribution in [3.8, 4) is 5.75 Å². The summed E-state index contributed by atoms with van der Waals surface area (Å²) < 4.78 is 10.4. The molecule has 0 saturated heterocycles. The molecule has 1 aromatic carbocycles. The summed E-state index contributed by atoms with van der Waals surface area (Å²) in [6, 6.07) is 5.06. The SMILES string of the molecule is CCOC(=O)c1c(NC(=O)c2c[nH]c3ccc(OC)cc3c2=O)sc2c1CCCC2. The molecule has 3 aromatic rings. The number of rotatable bonds is 5. The highest BCUT2D eigenvalue weighted by Gasteiger charge is 2.28. The van der Waals surface area contributed by atoms with Crippen molar-refractivity contribution >= 4 is 39.1 Å². The summed E-state index contributed by atoms with van der Waals surface area (Å²) in [6.45, 7) is 2.00. The monoisotopic (exact) mass is 426 g/mol. The van der Waals surface area contributed by atoms with Crippen molar-refractivity contribution in [2.75, 3.05) is 19.0 Å². The van der Waals surface area contributed by atoms with E-state index in [0.717, 1.165) is 36.1 Å². The van der Waals surface area contributed by atoms with E-state index in [0.29, 0.717) is 27.2 Å². The van der Waals surface area contributed by atoms with Crippen LogP contribution in [0.2, 0.25) is 0 Å². The maximum absolute atomic E-state index is 13.0. The summed E-state index contributed by atoms with van der Waals surface area (Å²) in [5.41, 5.74) is 1.55. The van der Waals surface area contributed by atoms with Crippen LogP contribution in [0.3, 0.4) is 0 Å². The number of anilines is 1. The molecule has 1 amide bonds. The van der Waals surface area contributed by atoms with Gasteiger partial charge in [0.05, 0.1) is 19.3 Å². The first-order valence-corrected chi connectivity index (χ1v) is 10.7. The molecule has 7 nitrogen and oxygen atoms in total. The molecule has 0 bridgehead atoms. The molecule has 30 heavy (non-hydrogen) atoms. The van der Waals surface area contributed by atoms with Crippen molar-refractivity contribution in [3.05, 3.63) is 56.2 Å². The normalized spacial score (nSPS) is 13.0. The predicted octanol–water partition coefficient (Wildman–Crippen LogP) is 3.91. The van der Waals surface area contributed by atoms with E-state index in [-0.39, 0.29) is 12.2 Å². The number of hydrogen-bond acceptors (Lipinski definition) is 6. The Morgan fingerprint density at radius 1 is 1.23 bits per heavy atom. The number of aromatic nitrogens is 1. The second-order valence-electron chi connectivity index (χ2n) is 7.03. The number of benzene rings is 1. The molecule has 0 radical (unpaired) electrons. The zero-order valence-corrected chi connectivity index (χ0v) is 17.6. The number of methoxy groups -OCH3 is 1. The lowest BCUT2D eigenvalue weighted by molar-refractivity contribution is 0.0526. The van der Waals surface area contributed by atoms with Crippen LogP contribution in [0.4, 0.5) is 5.00 Å². The van der Waals surface area contributed by atoms with Crippen LogP contribution in [0, 0.1) is 0 Å². The van der Waals surface area contributed by atoms with Gasteiger partial charge in [0.2, 0.25) is 5.43 Å². The van der Waals surface area contributed by atoms with Crippen molar-refractivity contribution in [2.45, 2.75) is 32.6 Å². The molecule has 4 rings (SSSR count). The minimum Gasteiger partial charge on any atom is -0.497 e. The van der Waals surface area contributed by atoms with Gasteiger partial charge in [0.25, 0.3) is 5.91 Å². The fourth-order valence-electron chi connectivity index (χ4n) is 3.74. The van der Waals surface area contributed by atoms with Crippen LogP contribution in [-0.2, 0) is 17.6 Å². The van der Waals surface area contributed by atoms with Gasteiger partial charge in [0.1, 0.15) is 16.3 Å². The maximum Gasteiger partial charge on any atom is 0.341 e. The standard InChI is InChI=1S/C22H22N2O5S/c1-3-29-22(27)18-13-6-4-5-7-17(13)30-21(18)24-20(26)15-11-23-16-9-8-12(28-2)10-14(16)19(15)25/h8-11H,3-7H2,1-2H3,(H,23,25)(H,24,26). The molecule has 0 saturated carbocycles. The Kier molecular flexibility index (Phi) is 5.59. The van der Waals surface area contributed by atoms with Gasteiger partial charge in [-0.05, 0) is 56.4 Å². The van der Waals surface area contributed by atoms with Gasteiger partial charge in [-0.1, -0.05) is 0 Å². The Morgan fingerprint density at radius 3 is 2.80 bits per heavy atom. The van der Waals surface area contributed by atoms with Crippen LogP contribution in [0.15, 0.2) is 29.2 Å². The van der Waals surface area contributed by atoms with E-state index in [9.17, 15) is 14.4 Å². The van der Waals surface area contributed by atoms with Crippen LogP contribution < -0.4 is 15.5 Å². The van der Waals surface area contributed by atoms with E-state index < -0.39 is 17.3 Å². The summed E-state index contributed by atoms with van der Waals surface area (Å²) in [6.07, 6.45) is 5.10. The Morgan fingerprint density at radius 2 is 2.03 bits per heavy atom. The molecule has 8 heteroatoms. The summed E-state index contributed by atoms with van der Waals surface area (Å²) >= 11 is 1.39. The second kappa shape index (κ2) is 8.31. The number of aryl methyl sites for hydroxylation is 1. The number of carbonyl (C=O) groups excluding carboxylic acids is 2. The Labute approximate surface area is 177 Å². The summed E-state index contributed by atoms with van der Waals surface area (Å²) in [5, 5.41) is 3.58. The smallest absolute Gasteiger partial charge is 0.341 e. The van der Waals surface area contributed by atoms with E-state index in [1.807, 2.05) is 0 Å². The minimum absolute atomic E-state index is 0.0306. The van der Waals surface area contributed by atoms with Gasteiger partial charge >= 0.3 is 5.97 Å². The van der Waals surface area contributed by atoms with Crippen molar-refractivity contribution in [1.29, 1.82) is 0 Å². The molecule has 1 aliphatic rings. The number of esters is 1. The molecular formula is C22H22N2O5S. The third kappa shape index (κ3) is 3.59. The Balaban J connectivity index is 1.72. The van der Waals surface area contributed by atoms with E-state index in [1.165, 1.54) is 24.6 Å². The molecular weight excluding hydrogens is 404 g/mol. The maximum atomic E-state index is 13.0. The quantitative estimate of drug-likeness (QED) is 0.603. The largest absolute Gasteiger partial charge is 0.497 e. The third-order valence-corrected chi connectivity index (χ3v) is 6.42. The lowest BCUT2D eigenvalue weighted by Crippen LogP contribution is -2.22. The minimum atomic E-state index is -0.565. The predicted molar refractivity (Wildman–Crippen MR) is 116 cm³/mol. The van der Waals surface area contributed by atoms with Gasteiger partial charge in [-0.15, -0.1) is 11.3 Å². The van der Waals surface area contributed by atoms with Gasteiger partial charge in [-0.2, -0.15) is 0 Å². The molecule has 0 atom stereocenters. The summed E-state index contributed by atoms with van der Waals surface area (Å²) in [5.74, 6) is -0.476. The van der Waals surface area contributed by atoms with Crippen molar-refractivity contribution in [2.24, 2.45) is 0 Å². The third-order valence-electron chi connectivity index (χ3n) is 5.21. The molecule has 2 N–H and O–H groups in total. The fraction of sp³-hybridized carbons (Fsp3) is 0.318. The number of carbonyl (C=O) groups is 2. The number of pyridine rings is 1. The zero-order chi connectivity index (χ0) is 21.3. The lowest BCUT2D eigenvalue weighted by atomic mass is 9.95. The number of nitrogens with one attached hydrogen (secondary N) is 2. The van der Waals surface area contributed by atoms with Gasteiger partial charge in [0.15, 0.2) is 0 Å². The Hall–Kier alpha value is -3.13. The average molecular weight is 426 g/mol. The zero-order valence-electron chi connectivity index (χ0n) is 16.8. The van der Waals surface area contributed by atoms with Crippen LogP contribution in [-0.4, -0.2) is 30.6 Å². The van der Waals surface area contributed by atoms with Crippen LogP contribution in [0.25, 0.3) is 10.9 Å². The highest BCUT2D eigenvalue weighted by molar-refractivity contribution is 7.17. The van der Waals surface area contributed by atoms with Crippen LogP contribution >= 0.6 is 11.3 Å². The van der Waals surface area contributed by atoms with Crippen molar-refractivity contribution in [3.63, 3.8) is 0 Å². The first kappa shape index (κ1) is 20.2. The van der Waals surface area contributed by atoms with Gasteiger partial charge in [-0.3, -0.25) is 9.59 Å². The molecule has 0 spiro atoms. The number of amides is 1. The number of ether oxygens (including phenoxy) is 2. The molecule has 156 valence electrons. The van der Waals surface area contributed by atoms with Crippen LogP contribution in [0.5, 0.6) is 5.75 Å². The van der Waals surface area contributed by atoms with E-state index in [2.05, 4.69) is 10.3 Å². The Bertz CT molecular complexity index is 1190. The van der Waals surface area contributed by atoms with Gasteiger partial charge in [-0.25, -0.2) is 4.79 Å². The highest BCUT2D eigenvalue weighted by atomic mass is 32.1. The number of thiophene rings is 1. The summed E-state index contributed by atoms with van der Waals surface area (Å²) in [4.78, 5) is 42.5. The topological polar surface area (TPSA) is 97.5 Å².